The van der Waals surface area contributed by atoms with Crippen LogP contribution < -0.4 is 0 Å². The number of fused-ring (bicyclic) bond motifs is 1. The fraction of sp³-hybridized carbons (Fsp3) is 0.500. The molecule has 0 N–H and O–H groups in total. The first-order valence-corrected chi connectivity index (χ1v) is 9.61. The molecule has 0 radical (unpaired) electrons. The predicted molar refractivity (Wildman–Crippen MR) is 101 cm³/mol. The Morgan fingerprint density at radius 3 is 2.59 bits per heavy atom. The highest BCUT2D eigenvalue weighted by molar-refractivity contribution is 5.34. The van der Waals surface area contributed by atoms with Crippen LogP contribution in [0.2, 0.25) is 0 Å². The maximum atomic E-state index is 16.4. The summed E-state index contributed by atoms with van der Waals surface area (Å²) in [6, 6.07) is 5.11. The molecule has 1 saturated heterocycles. The van der Waals surface area contributed by atoms with Gasteiger partial charge >= 0.3 is 0 Å². The number of nitrogens with zero attached hydrogens (tertiary/aromatic N) is 6. The molecule has 1 aliphatic rings. The highest BCUT2D eigenvalue weighted by Gasteiger charge is 2.45. The fourth-order valence-corrected chi connectivity index (χ4v) is 4.14. The number of rotatable bonds is 4. The molecule has 0 bridgehead atoms. The van der Waals surface area contributed by atoms with Crippen LogP contribution in [0.1, 0.15) is 48.1 Å². The summed E-state index contributed by atoms with van der Waals surface area (Å²) in [5.74, 6) is -0.375. The van der Waals surface area contributed by atoms with Gasteiger partial charge in [-0.25, -0.2) is 18.2 Å². The summed E-state index contributed by atoms with van der Waals surface area (Å²) >= 11 is 0. The van der Waals surface area contributed by atoms with E-state index in [0.717, 1.165) is 29.6 Å². The quantitative estimate of drug-likeness (QED) is 0.662. The molecule has 9 heteroatoms. The predicted octanol–water partition coefficient (Wildman–Crippen LogP) is 3.78. The summed E-state index contributed by atoms with van der Waals surface area (Å²) in [5.41, 5.74) is 0.625. The molecule has 0 aromatic carbocycles. The van der Waals surface area contributed by atoms with Gasteiger partial charge in [0.05, 0.1) is 5.69 Å². The summed E-state index contributed by atoms with van der Waals surface area (Å²) in [5, 5.41) is 4.04. The number of piperidine rings is 1. The molecule has 6 nitrogen and oxygen atoms in total. The van der Waals surface area contributed by atoms with Gasteiger partial charge in [0, 0.05) is 24.5 Å². The van der Waals surface area contributed by atoms with E-state index in [2.05, 4.69) is 20.1 Å². The average Bonchev–Trinajstić information content (AvgIpc) is 3.11. The highest BCUT2D eigenvalue weighted by Crippen LogP contribution is 2.41. The van der Waals surface area contributed by atoms with Crippen molar-refractivity contribution in [3.8, 4) is 0 Å². The second-order valence-corrected chi connectivity index (χ2v) is 7.86. The summed E-state index contributed by atoms with van der Waals surface area (Å²) in [6.07, 6.45) is -1.00. The van der Waals surface area contributed by atoms with E-state index < -0.39 is 17.8 Å². The number of aromatic nitrogens is 5. The molecular weight excluding hydrogens is 381 g/mol. The number of likely N-dealkylation sites (tertiary alicyclic amines) is 1. The monoisotopic (exact) mass is 404 g/mol. The van der Waals surface area contributed by atoms with Crippen molar-refractivity contribution in [1.29, 1.82) is 0 Å². The van der Waals surface area contributed by atoms with Gasteiger partial charge in [0.15, 0.2) is 5.67 Å². The number of hydrogen-bond acceptors (Lipinski definition) is 5. The third-order valence-corrected chi connectivity index (χ3v) is 5.58. The maximum Gasteiger partial charge on any atom is 0.280 e. The second-order valence-electron chi connectivity index (χ2n) is 7.86. The topological polar surface area (TPSA) is 59.2 Å². The maximum absolute atomic E-state index is 16.4. The summed E-state index contributed by atoms with van der Waals surface area (Å²) < 4.78 is 44.4. The van der Waals surface area contributed by atoms with Gasteiger partial charge in [-0.3, -0.25) is 9.88 Å². The molecule has 1 fully saturated rings. The van der Waals surface area contributed by atoms with Crippen LogP contribution in [0.3, 0.4) is 0 Å². The van der Waals surface area contributed by atoms with Crippen LogP contribution in [-0.4, -0.2) is 42.6 Å². The zero-order valence-electron chi connectivity index (χ0n) is 16.6. The van der Waals surface area contributed by atoms with E-state index >= 15 is 4.39 Å². The van der Waals surface area contributed by atoms with Crippen LogP contribution in [0, 0.1) is 19.8 Å². The van der Waals surface area contributed by atoms with Gasteiger partial charge in [0.2, 0.25) is 0 Å². The van der Waals surface area contributed by atoms with E-state index in [0.29, 0.717) is 13.0 Å². The largest absolute Gasteiger partial charge is 0.295 e. The van der Waals surface area contributed by atoms with E-state index in [1.807, 2.05) is 37.8 Å². The number of alkyl halides is 3. The molecule has 0 saturated carbocycles. The molecule has 0 amide bonds. The molecule has 2 unspecified atom stereocenters. The normalized spacial score (nSPS) is 23.2. The highest BCUT2D eigenvalue weighted by atomic mass is 19.3. The van der Waals surface area contributed by atoms with Crippen molar-refractivity contribution in [3.63, 3.8) is 0 Å². The molecular formula is C20H23F3N6. The van der Waals surface area contributed by atoms with Gasteiger partial charge in [-0.05, 0) is 56.5 Å². The van der Waals surface area contributed by atoms with E-state index in [1.54, 1.807) is 0 Å². The van der Waals surface area contributed by atoms with Crippen LogP contribution in [0.5, 0.6) is 0 Å². The van der Waals surface area contributed by atoms with Gasteiger partial charge < -0.3 is 0 Å². The van der Waals surface area contributed by atoms with Crippen molar-refractivity contribution in [3.05, 3.63) is 52.9 Å². The molecule has 4 rings (SSSR count). The van der Waals surface area contributed by atoms with Crippen LogP contribution in [0.25, 0.3) is 5.78 Å². The van der Waals surface area contributed by atoms with Crippen LogP contribution in [0.15, 0.2) is 24.5 Å². The molecule has 4 heterocycles. The Kier molecular flexibility index (Phi) is 5.02. The van der Waals surface area contributed by atoms with Crippen molar-refractivity contribution in [2.24, 2.45) is 5.92 Å². The smallest absolute Gasteiger partial charge is 0.280 e. The lowest BCUT2D eigenvalue weighted by molar-refractivity contribution is -0.0139. The van der Waals surface area contributed by atoms with Crippen LogP contribution in [0.4, 0.5) is 13.2 Å². The molecule has 29 heavy (non-hydrogen) atoms. The number of aryl methyl sites for hydroxylation is 2. The Balaban J connectivity index is 1.70. The van der Waals surface area contributed by atoms with E-state index in [-0.39, 0.29) is 23.9 Å². The Morgan fingerprint density at radius 2 is 1.90 bits per heavy atom. The SMILES string of the molecule is Cc1cc(CN2CCC(C)C(F)(c3cc(C(F)F)nc4ncnn34)C2)cc(C)n1. The molecule has 154 valence electrons. The first kappa shape index (κ1) is 19.8. The zero-order valence-corrected chi connectivity index (χ0v) is 16.6. The molecule has 1 aliphatic heterocycles. The average molecular weight is 404 g/mol. The van der Waals surface area contributed by atoms with Gasteiger partial charge in [-0.2, -0.15) is 14.6 Å². The van der Waals surface area contributed by atoms with Crippen molar-refractivity contribution in [1.82, 2.24) is 29.5 Å². The van der Waals surface area contributed by atoms with Gasteiger partial charge in [0.25, 0.3) is 12.2 Å². The minimum absolute atomic E-state index is 0.0143. The Morgan fingerprint density at radius 1 is 1.17 bits per heavy atom. The Labute approximate surface area is 166 Å². The lowest BCUT2D eigenvalue weighted by Crippen LogP contribution is -2.49. The standard InChI is InChI=1S/C20H23F3N6/c1-12-4-5-28(9-15-6-13(2)26-14(3)7-15)10-20(12,23)17-8-16(18(21)22)27-19-24-11-25-29(17)19/h6-8,11-12,18H,4-5,9-10H2,1-3H3. The molecule has 3 aromatic rings. The van der Waals surface area contributed by atoms with E-state index in [9.17, 15) is 8.78 Å². The van der Waals surface area contributed by atoms with Gasteiger partial charge in [-0.15, -0.1) is 0 Å². The first-order chi connectivity index (χ1) is 13.8. The lowest BCUT2D eigenvalue weighted by atomic mass is 9.81. The zero-order chi connectivity index (χ0) is 20.8. The van der Waals surface area contributed by atoms with E-state index in [4.69, 9.17) is 0 Å². The lowest BCUT2D eigenvalue weighted by Gasteiger charge is -2.42. The summed E-state index contributed by atoms with van der Waals surface area (Å²) in [6.45, 7) is 7.03. The third-order valence-electron chi connectivity index (χ3n) is 5.58. The Hall–Kier alpha value is -2.55. The van der Waals surface area contributed by atoms with Crippen molar-refractivity contribution >= 4 is 5.78 Å². The van der Waals surface area contributed by atoms with Gasteiger partial charge in [-0.1, -0.05) is 6.92 Å². The minimum atomic E-state index is -2.81. The Bertz CT molecular complexity index is 1020. The van der Waals surface area contributed by atoms with Crippen LogP contribution in [-0.2, 0) is 12.2 Å². The first-order valence-electron chi connectivity index (χ1n) is 9.61. The second kappa shape index (κ2) is 7.37. The molecule has 0 spiro atoms. The third kappa shape index (κ3) is 3.71. The van der Waals surface area contributed by atoms with Crippen LogP contribution >= 0.6 is 0 Å². The summed E-state index contributed by atoms with van der Waals surface area (Å²) in [4.78, 5) is 14.1. The number of pyridine rings is 1. The van der Waals surface area contributed by atoms with Gasteiger partial charge in [0.1, 0.15) is 12.0 Å². The molecule has 0 aliphatic carbocycles. The van der Waals surface area contributed by atoms with Crippen molar-refractivity contribution < 1.29 is 13.2 Å². The molecule has 3 aromatic heterocycles. The minimum Gasteiger partial charge on any atom is -0.295 e. The van der Waals surface area contributed by atoms with Crippen molar-refractivity contribution in [2.75, 3.05) is 13.1 Å². The van der Waals surface area contributed by atoms with E-state index in [1.165, 1.54) is 10.8 Å². The number of halogens is 3. The summed E-state index contributed by atoms with van der Waals surface area (Å²) in [7, 11) is 0. The fourth-order valence-electron chi connectivity index (χ4n) is 4.14. The number of hydrogen-bond donors (Lipinski definition) is 0. The van der Waals surface area contributed by atoms with Crippen molar-refractivity contribution in [2.45, 2.75) is 45.8 Å². The molecule has 2 atom stereocenters.